The molecule has 0 bridgehead atoms. The number of hydrogen-bond donors (Lipinski definition) is 1. The summed E-state index contributed by atoms with van der Waals surface area (Å²) in [7, 11) is -3.40. The molecule has 1 aromatic heterocycles. The quantitative estimate of drug-likeness (QED) is 0.752. The zero-order valence-corrected chi connectivity index (χ0v) is 16.6. The summed E-state index contributed by atoms with van der Waals surface area (Å²) < 4.78 is 63.5. The molecule has 1 saturated carbocycles. The third-order valence-corrected chi connectivity index (χ3v) is 6.64. The van der Waals surface area contributed by atoms with Gasteiger partial charge >= 0.3 is 0 Å². The molecule has 1 amide bonds. The number of anilines is 1. The standard InChI is InChI=1S/C18H19F3N2O3S2/c1-28(25,26)12-4-2-11(3-5-12)13(6-10-7-14(19)15(20)8-10)17(24)23-18-22-9-16(21)27-18/h2-5,9-10,13-15H,6-8H2,1H3,(H,22,23,24)/t10-,13?,14+,15-. The van der Waals surface area contributed by atoms with Crippen LogP contribution in [0.25, 0.3) is 0 Å². The zero-order chi connectivity index (χ0) is 20.5. The fraction of sp³-hybridized carbons (Fsp3) is 0.444. The molecule has 2 aromatic rings. The summed E-state index contributed by atoms with van der Waals surface area (Å²) in [6.45, 7) is 0. The number of amides is 1. The number of carbonyl (C=O) groups is 1. The van der Waals surface area contributed by atoms with Gasteiger partial charge in [0.05, 0.1) is 17.0 Å². The van der Waals surface area contributed by atoms with Gasteiger partial charge in [0.15, 0.2) is 20.1 Å². The molecular formula is C18H19F3N2O3S2. The summed E-state index contributed by atoms with van der Waals surface area (Å²) >= 11 is 0.669. The number of benzene rings is 1. The summed E-state index contributed by atoms with van der Waals surface area (Å²) in [6.07, 6.45) is -0.794. The van der Waals surface area contributed by atoms with Crippen LogP contribution >= 0.6 is 11.3 Å². The molecule has 1 heterocycles. The lowest BCUT2D eigenvalue weighted by molar-refractivity contribution is -0.118. The Morgan fingerprint density at radius 3 is 2.36 bits per heavy atom. The number of alkyl halides is 2. The van der Waals surface area contributed by atoms with Crippen LogP contribution in [0.4, 0.5) is 18.3 Å². The Hall–Kier alpha value is -1.94. The van der Waals surface area contributed by atoms with E-state index >= 15 is 0 Å². The monoisotopic (exact) mass is 432 g/mol. The third-order valence-electron chi connectivity index (χ3n) is 4.81. The van der Waals surface area contributed by atoms with Crippen molar-refractivity contribution in [1.82, 2.24) is 4.98 Å². The van der Waals surface area contributed by atoms with Gasteiger partial charge in [-0.2, -0.15) is 4.39 Å². The van der Waals surface area contributed by atoms with Gasteiger partial charge in [-0.05, 0) is 42.9 Å². The van der Waals surface area contributed by atoms with Crippen LogP contribution in [0.3, 0.4) is 0 Å². The first-order valence-corrected chi connectivity index (χ1v) is 11.3. The van der Waals surface area contributed by atoms with E-state index in [2.05, 4.69) is 10.3 Å². The number of halogens is 3. The van der Waals surface area contributed by atoms with Crippen molar-refractivity contribution in [2.75, 3.05) is 11.6 Å². The number of nitrogens with zero attached hydrogens (tertiary/aromatic N) is 1. The third kappa shape index (κ3) is 4.91. The molecule has 0 aliphatic heterocycles. The summed E-state index contributed by atoms with van der Waals surface area (Å²) in [5.74, 6) is -1.59. The minimum atomic E-state index is -3.40. The van der Waals surface area contributed by atoms with E-state index in [1.807, 2.05) is 0 Å². The predicted molar refractivity (Wildman–Crippen MR) is 100 cm³/mol. The highest BCUT2D eigenvalue weighted by Crippen LogP contribution is 2.38. The van der Waals surface area contributed by atoms with E-state index < -0.39 is 39.1 Å². The van der Waals surface area contributed by atoms with Crippen LogP contribution in [-0.2, 0) is 14.6 Å². The molecule has 28 heavy (non-hydrogen) atoms. The van der Waals surface area contributed by atoms with Gasteiger partial charge in [0.2, 0.25) is 5.91 Å². The molecule has 1 aromatic carbocycles. The van der Waals surface area contributed by atoms with Gasteiger partial charge in [-0.15, -0.1) is 0 Å². The molecule has 1 fully saturated rings. The molecule has 152 valence electrons. The molecule has 0 spiro atoms. The summed E-state index contributed by atoms with van der Waals surface area (Å²) in [6, 6.07) is 5.80. The van der Waals surface area contributed by atoms with Crippen molar-refractivity contribution in [2.24, 2.45) is 5.92 Å². The van der Waals surface area contributed by atoms with Crippen molar-refractivity contribution in [2.45, 2.75) is 42.4 Å². The van der Waals surface area contributed by atoms with Crippen LogP contribution in [0.5, 0.6) is 0 Å². The van der Waals surface area contributed by atoms with E-state index in [-0.39, 0.29) is 35.2 Å². The van der Waals surface area contributed by atoms with Crippen molar-refractivity contribution >= 4 is 32.2 Å². The minimum Gasteiger partial charge on any atom is -0.301 e. The highest BCUT2D eigenvalue weighted by Gasteiger charge is 2.37. The number of aromatic nitrogens is 1. The van der Waals surface area contributed by atoms with Crippen molar-refractivity contribution in [3.8, 4) is 0 Å². The normalized spacial score (nSPS) is 23.5. The van der Waals surface area contributed by atoms with Gasteiger partial charge < -0.3 is 5.32 Å². The Morgan fingerprint density at radius 1 is 1.25 bits per heavy atom. The van der Waals surface area contributed by atoms with E-state index in [1.54, 1.807) is 0 Å². The Labute approximate surface area is 164 Å². The second-order valence-electron chi connectivity index (χ2n) is 6.96. The number of hydrogen-bond acceptors (Lipinski definition) is 5. The van der Waals surface area contributed by atoms with Gasteiger partial charge in [-0.3, -0.25) is 4.79 Å². The number of sulfone groups is 1. The molecule has 3 rings (SSSR count). The number of thiazole rings is 1. The van der Waals surface area contributed by atoms with E-state index in [9.17, 15) is 26.4 Å². The average Bonchev–Trinajstić information content (AvgIpc) is 3.17. The largest absolute Gasteiger partial charge is 0.301 e. The van der Waals surface area contributed by atoms with Crippen molar-refractivity contribution in [3.63, 3.8) is 0 Å². The SMILES string of the molecule is CS(=O)(=O)c1ccc(C(C[C@H]2C[C@@H](F)[C@@H](F)C2)C(=O)Nc2ncc(F)s2)cc1. The topological polar surface area (TPSA) is 76.1 Å². The van der Waals surface area contributed by atoms with E-state index in [0.29, 0.717) is 16.9 Å². The molecular weight excluding hydrogens is 413 g/mol. The van der Waals surface area contributed by atoms with Crippen LogP contribution in [0, 0.1) is 11.0 Å². The van der Waals surface area contributed by atoms with Crippen LogP contribution in [-0.4, -0.2) is 37.9 Å². The van der Waals surface area contributed by atoms with E-state index in [4.69, 9.17) is 0 Å². The first kappa shape index (κ1) is 20.8. The summed E-state index contributed by atoms with van der Waals surface area (Å²) in [4.78, 5) is 16.6. The van der Waals surface area contributed by atoms with Gasteiger partial charge in [-0.1, -0.05) is 23.5 Å². The van der Waals surface area contributed by atoms with E-state index in [1.165, 1.54) is 24.3 Å². The molecule has 1 N–H and O–H groups in total. The Bertz CT molecular complexity index is 937. The van der Waals surface area contributed by atoms with Crippen LogP contribution in [0.1, 0.15) is 30.7 Å². The maximum atomic E-state index is 13.6. The van der Waals surface area contributed by atoms with Gasteiger partial charge in [0, 0.05) is 6.26 Å². The number of rotatable bonds is 6. The molecule has 1 aliphatic rings. The first-order valence-electron chi connectivity index (χ1n) is 8.64. The highest BCUT2D eigenvalue weighted by atomic mass is 32.2. The highest BCUT2D eigenvalue weighted by molar-refractivity contribution is 7.90. The van der Waals surface area contributed by atoms with Gasteiger partial charge in [-0.25, -0.2) is 22.2 Å². The lowest BCUT2D eigenvalue weighted by Crippen LogP contribution is -2.23. The molecule has 1 aliphatic carbocycles. The summed E-state index contributed by atoms with van der Waals surface area (Å²) in [5, 5.41) is 2.05. The first-order chi connectivity index (χ1) is 13.1. The number of carbonyl (C=O) groups excluding carboxylic acids is 1. The predicted octanol–water partition coefficient (Wildman–Crippen LogP) is 3.88. The second kappa shape index (κ2) is 8.20. The lowest BCUT2D eigenvalue weighted by Gasteiger charge is -2.20. The Morgan fingerprint density at radius 2 is 1.86 bits per heavy atom. The summed E-state index contributed by atoms with van der Waals surface area (Å²) in [5.41, 5.74) is 0.514. The van der Waals surface area contributed by atoms with E-state index in [0.717, 1.165) is 12.5 Å². The molecule has 1 unspecified atom stereocenters. The lowest BCUT2D eigenvalue weighted by atomic mass is 9.87. The molecule has 4 atom stereocenters. The maximum absolute atomic E-state index is 13.6. The van der Waals surface area contributed by atoms with Crippen molar-refractivity contribution < 1.29 is 26.4 Å². The second-order valence-corrected chi connectivity index (χ2v) is 9.95. The van der Waals surface area contributed by atoms with Gasteiger partial charge in [0.25, 0.3) is 0 Å². The Balaban J connectivity index is 1.84. The zero-order valence-electron chi connectivity index (χ0n) is 14.9. The fourth-order valence-electron chi connectivity index (χ4n) is 3.40. The molecule has 10 heteroatoms. The molecule has 5 nitrogen and oxygen atoms in total. The van der Waals surface area contributed by atoms with Crippen LogP contribution in [0.15, 0.2) is 35.4 Å². The van der Waals surface area contributed by atoms with Crippen molar-refractivity contribution in [3.05, 3.63) is 41.2 Å². The minimum absolute atomic E-state index is 0.0260. The van der Waals surface area contributed by atoms with Gasteiger partial charge in [0.1, 0.15) is 12.3 Å². The molecule has 0 saturated heterocycles. The van der Waals surface area contributed by atoms with Crippen molar-refractivity contribution in [1.29, 1.82) is 0 Å². The average molecular weight is 432 g/mol. The fourth-order valence-corrected chi connectivity index (χ4v) is 4.58. The maximum Gasteiger partial charge on any atom is 0.233 e. The molecule has 0 radical (unpaired) electrons. The Kier molecular flexibility index (Phi) is 6.09. The smallest absolute Gasteiger partial charge is 0.233 e. The van der Waals surface area contributed by atoms with Crippen LogP contribution < -0.4 is 5.32 Å². The number of nitrogens with one attached hydrogen (secondary N) is 1. The van der Waals surface area contributed by atoms with Crippen LogP contribution in [0.2, 0.25) is 0 Å².